The quantitative estimate of drug-likeness (QED) is 0.579. The Hall–Kier alpha value is -1.20. The molecule has 0 aliphatic heterocycles. The van der Waals surface area contributed by atoms with Crippen molar-refractivity contribution in [2.45, 2.75) is 19.3 Å². The molecule has 3 N–H and O–H groups in total. The molecule has 0 unspecified atom stereocenters. The first kappa shape index (κ1) is 13.9. The highest BCUT2D eigenvalue weighted by Crippen LogP contribution is 2.21. The van der Waals surface area contributed by atoms with E-state index < -0.39 is 5.82 Å². The lowest BCUT2D eigenvalue weighted by Gasteiger charge is -2.11. The van der Waals surface area contributed by atoms with E-state index in [-0.39, 0.29) is 17.2 Å². The number of aliphatic hydroxyl groups is 1. The van der Waals surface area contributed by atoms with Gasteiger partial charge in [0.1, 0.15) is 16.6 Å². The number of hydrogen-bond acceptors (Lipinski definition) is 3. The largest absolute Gasteiger partial charge is 0.493 e. The summed E-state index contributed by atoms with van der Waals surface area (Å²) in [6, 6.07) is 4.50. The van der Waals surface area contributed by atoms with Crippen LogP contribution in [0.25, 0.3) is 0 Å². The number of unbranched alkanes of at least 4 members (excludes halogenated alkanes) is 2. The molecule has 0 aliphatic carbocycles. The van der Waals surface area contributed by atoms with Crippen LogP contribution in [0, 0.1) is 5.82 Å². The average Bonchev–Trinajstić information content (AvgIpc) is 2.28. The van der Waals surface area contributed by atoms with Crippen LogP contribution in [0.5, 0.6) is 5.75 Å². The van der Waals surface area contributed by atoms with Crippen LogP contribution < -0.4 is 10.5 Å². The molecule has 0 aromatic heterocycles. The molecule has 0 aliphatic rings. The van der Waals surface area contributed by atoms with E-state index in [1.807, 2.05) is 0 Å². The Morgan fingerprint density at radius 2 is 2.12 bits per heavy atom. The SMILES string of the molecule is NC(=S)c1c(F)cccc1OCCCCCO. The fourth-order valence-electron chi connectivity index (χ4n) is 1.44. The monoisotopic (exact) mass is 257 g/mol. The number of rotatable bonds is 7. The summed E-state index contributed by atoms with van der Waals surface area (Å²) in [7, 11) is 0. The maximum Gasteiger partial charge on any atom is 0.137 e. The van der Waals surface area contributed by atoms with Gasteiger partial charge in [0.15, 0.2) is 0 Å². The molecule has 1 aromatic rings. The maximum absolute atomic E-state index is 13.5. The minimum absolute atomic E-state index is 0.00606. The minimum Gasteiger partial charge on any atom is -0.493 e. The molecule has 0 heterocycles. The van der Waals surface area contributed by atoms with Crippen LogP contribution in [0.15, 0.2) is 18.2 Å². The van der Waals surface area contributed by atoms with Crippen molar-refractivity contribution in [3.8, 4) is 5.75 Å². The Labute approximate surface area is 105 Å². The van der Waals surface area contributed by atoms with Gasteiger partial charge in [-0.25, -0.2) is 4.39 Å². The Bertz CT molecular complexity index is 385. The highest BCUT2D eigenvalue weighted by atomic mass is 32.1. The molecular weight excluding hydrogens is 241 g/mol. The van der Waals surface area contributed by atoms with Gasteiger partial charge in [-0.05, 0) is 31.4 Å². The van der Waals surface area contributed by atoms with Crippen molar-refractivity contribution in [3.05, 3.63) is 29.6 Å². The second-order valence-corrected chi connectivity index (χ2v) is 4.05. The molecule has 5 heteroatoms. The summed E-state index contributed by atoms with van der Waals surface area (Å²) in [5.74, 6) is -0.0909. The van der Waals surface area contributed by atoms with Crippen LogP contribution in [0.1, 0.15) is 24.8 Å². The molecule has 0 bridgehead atoms. The van der Waals surface area contributed by atoms with Crippen molar-refractivity contribution in [1.29, 1.82) is 0 Å². The van der Waals surface area contributed by atoms with Gasteiger partial charge in [-0.2, -0.15) is 0 Å². The van der Waals surface area contributed by atoms with Crippen molar-refractivity contribution in [1.82, 2.24) is 0 Å². The highest BCUT2D eigenvalue weighted by molar-refractivity contribution is 7.80. The summed E-state index contributed by atoms with van der Waals surface area (Å²) in [6.07, 6.45) is 2.41. The second-order valence-electron chi connectivity index (χ2n) is 3.61. The normalized spacial score (nSPS) is 10.2. The van der Waals surface area contributed by atoms with Gasteiger partial charge in [-0.3, -0.25) is 0 Å². The van der Waals surface area contributed by atoms with E-state index in [1.54, 1.807) is 12.1 Å². The average molecular weight is 257 g/mol. The maximum atomic E-state index is 13.5. The Morgan fingerprint density at radius 3 is 2.76 bits per heavy atom. The van der Waals surface area contributed by atoms with Gasteiger partial charge in [0.25, 0.3) is 0 Å². The van der Waals surface area contributed by atoms with Gasteiger partial charge in [-0.15, -0.1) is 0 Å². The fraction of sp³-hybridized carbons (Fsp3) is 0.417. The third kappa shape index (κ3) is 4.28. The molecule has 0 fully saturated rings. The summed E-state index contributed by atoms with van der Waals surface area (Å²) < 4.78 is 18.9. The molecule has 94 valence electrons. The summed E-state index contributed by atoms with van der Waals surface area (Å²) in [6.45, 7) is 0.636. The molecule has 0 amide bonds. The number of benzene rings is 1. The number of aliphatic hydroxyl groups excluding tert-OH is 1. The molecule has 3 nitrogen and oxygen atoms in total. The molecule has 17 heavy (non-hydrogen) atoms. The van der Waals surface area contributed by atoms with Gasteiger partial charge >= 0.3 is 0 Å². The van der Waals surface area contributed by atoms with Crippen molar-refractivity contribution in [2.75, 3.05) is 13.2 Å². The first-order valence-corrected chi connectivity index (χ1v) is 5.89. The molecule has 1 aromatic carbocycles. The summed E-state index contributed by atoms with van der Waals surface area (Å²) >= 11 is 4.78. The lowest BCUT2D eigenvalue weighted by molar-refractivity contribution is 0.265. The zero-order valence-electron chi connectivity index (χ0n) is 9.49. The van der Waals surface area contributed by atoms with Crippen molar-refractivity contribution in [2.24, 2.45) is 5.73 Å². The Kier molecular flexibility index (Phi) is 5.86. The van der Waals surface area contributed by atoms with E-state index in [9.17, 15) is 4.39 Å². The smallest absolute Gasteiger partial charge is 0.137 e. The van der Waals surface area contributed by atoms with E-state index >= 15 is 0 Å². The zero-order valence-corrected chi connectivity index (χ0v) is 10.3. The number of thiocarbonyl (C=S) groups is 1. The van der Waals surface area contributed by atoms with Crippen LogP contribution in [0.2, 0.25) is 0 Å². The van der Waals surface area contributed by atoms with E-state index in [2.05, 4.69) is 0 Å². The van der Waals surface area contributed by atoms with Crippen molar-refractivity contribution >= 4 is 17.2 Å². The van der Waals surface area contributed by atoms with E-state index in [0.29, 0.717) is 12.4 Å². The summed E-state index contributed by atoms with van der Waals surface area (Å²) in [5.41, 5.74) is 5.60. The van der Waals surface area contributed by atoms with Gasteiger partial charge in [0.05, 0.1) is 12.2 Å². The highest BCUT2D eigenvalue weighted by Gasteiger charge is 2.11. The van der Waals surface area contributed by atoms with Crippen molar-refractivity contribution in [3.63, 3.8) is 0 Å². The van der Waals surface area contributed by atoms with E-state index in [4.69, 9.17) is 27.8 Å². The zero-order chi connectivity index (χ0) is 12.7. The predicted octanol–water partition coefficient (Wildman–Crippen LogP) is 2.00. The van der Waals surface area contributed by atoms with E-state index in [0.717, 1.165) is 19.3 Å². The van der Waals surface area contributed by atoms with Gasteiger partial charge in [-0.1, -0.05) is 18.3 Å². The molecule has 0 atom stereocenters. The Morgan fingerprint density at radius 1 is 1.35 bits per heavy atom. The van der Waals surface area contributed by atoms with Gasteiger partial charge in [0.2, 0.25) is 0 Å². The van der Waals surface area contributed by atoms with E-state index in [1.165, 1.54) is 6.07 Å². The summed E-state index contributed by atoms with van der Waals surface area (Å²) in [5, 5.41) is 8.61. The third-order valence-electron chi connectivity index (χ3n) is 2.28. The fourth-order valence-corrected chi connectivity index (χ4v) is 1.63. The van der Waals surface area contributed by atoms with Crippen molar-refractivity contribution < 1.29 is 14.2 Å². The third-order valence-corrected chi connectivity index (χ3v) is 2.49. The topological polar surface area (TPSA) is 55.5 Å². The number of hydrogen-bond donors (Lipinski definition) is 2. The van der Waals surface area contributed by atoms with Crippen LogP contribution in [-0.4, -0.2) is 23.3 Å². The van der Waals surface area contributed by atoms with Crippen LogP contribution >= 0.6 is 12.2 Å². The first-order chi connectivity index (χ1) is 8.16. The minimum atomic E-state index is -0.467. The first-order valence-electron chi connectivity index (χ1n) is 5.48. The number of nitrogens with two attached hydrogens (primary N) is 1. The molecular formula is C12H16FNO2S. The van der Waals surface area contributed by atoms with Crippen LogP contribution in [0.4, 0.5) is 4.39 Å². The number of halogens is 1. The standard InChI is InChI=1S/C12H16FNO2S/c13-9-5-4-6-10(11(9)12(14)17)16-8-3-1-2-7-15/h4-6,15H,1-3,7-8H2,(H2,14,17). The molecule has 0 saturated heterocycles. The summed E-state index contributed by atoms with van der Waals surface area (Å²) in [4.78, 5) is -0.00606. The van der Waals surface area contributed by atoms with Crippen LogP contribution in [0.3, 0.4) is 0 Å². The number of ether oxygens (including phenoxy) is 1. The Balaban J connectivity index is 2.58. The second kappa shape index (κ2) is 7.19. The molecule has 0 spiro atoms. The molecule has 0 radical (unpaired) electrons. The lowest BCUT2D eigenvalue weighted by Crippen LogP contribution is -2.14. The van der Waals surface area contributed by atoms with Gasteiger partial charge < -0.3 is 15.6 Å². The predicted molar refractivity (Wildman–Crippen MR) is 68.7 cm³/mol. The van der Waals surface area contributed by atoms with Gasteiger partial charge in [0, 0.05) is 6.61 Å². The lowest BCUT2D eigenvalue weighted by atomic mass is 10.2. The molecule has 0 saturated carbocycles. The molecule has 1 rings (SSSR count). The van der Waals surface area contributed by atoms with Crippen LogP contribution in [-0.2, 0) is 0 Å².